The zero-order valence-corrected chi connectivity index (χ0v) is 17.7. The van der Waals surface area contributed by atoms with E-state index in [2.05, 4.69) is 70.7 Å². The molecule has 0 spiro atoms. The van der Waals surface area contributed by atoms with Gasteiger partial charge in [0.25, 0.3) is 0 Å². The predicted octanol–water partition coefficient (Wildman–Crippen LogP) is 4.09. The maximum absolute atomic E-state index is 12.3. The largest absolute Gasteiger partial charge is 0.354 e. The van der Waals surface area contributed by atoms with Gasteiger partial charge in [0, 0.05) is 37.1 Å². The average Bonchev–Trinajstić information content (AvgIpc) is 3.22. The Labute approximate surface area is 176 Å². The van der Waals surface area contributed by atoms with Gasteiger partial charge in [-0.05, 0) is 29.5 Å². The second kappa shape index (κ2) is 9.33. The van der Waals surface area contributed by atoms with Gasteiger partial charge in [-0.1, -0.05) is 55.5 Å². The highest BCUT2D eigenvalue weighted by Gasteiger charge is 2.15. The van der Waals surface area contributed by atoms with Crippen LogP contribution in [0.5, 0.6) is 0 Å². The summed E-state index contributed by atoms with van der Waals surface area (Å²) in [7, 11) is 0. The van der Waals surface area contributed by atoms with Crippen molar-refractivity contribution >= 4 is 17.2 Å². The minimum atomic E-state index is 0.0422. The summed E-state index contributed by atoms with van der Waals surface area (Å²) < 4.78 is 0. The Bertz CT molecular complexity index is 964. The van der Waals surface area contributed by atoms with Crippen LogP contribution >= 0.6 is 11.3 Å². The topological polar surface area (TPSA) is 45.2 Å². The van der Waals surface area contributed by atoms with Crippen molar-refractivity contribution in [3.8, 4) is 10.6 Å². The number of hydrogen-bond acceptors (Lipinski definition) is 4. The van der Waals surface area contributed by atoms with Crippen molar-refractivity contribution in [2.24, 2.45) is 0 Å². The highest BCUT2D eigenvalue weighted by atomic mass is 32.1. The number of amides is 1. The Hall–Kier alpha value is -2.50. The minimum Gasteiger partial charge on any atom is -0.354 e. The Morgan fingerprint density at radius 2 is 1.93 bits per heavy atom. The predicted molar refractivity (Wildman–Crippen MR) is 119 cm³/mol. The molecule has 1 N–H and O–H groups in total. The van der Waals surface area contributed by atoms with E-state index in [9.17, 15) is 4.79 Å². The van der Waals surface area contributed by atoms with Gasteiger partial charge in [-0.15, -0.1) is 11.3 Å². The molecular formula is C24H27N3OS. The minimum absolute atomic E-state index is 0.0422. The van der Waals surface area contributed by atoms with Gasteiger partial charge in [-0.2, -0.15) is 0 Å². The number of hydrogen-bond donors (Lipinski definition) is 1. The SMILES string of the molecule is CCc1ccc(-c2nc(CC(=O)NCCN3CCc4ccccc4C3)cs2)cc1. The molecule has 0 bridgehead atoms. The first-order chi connectivity index (χ1) is 14.2. The molecule has 0 saturated heterocycles. The number of carbonyl (C=O) groups is 1. The summed E-state index contributed by atoms with van der Waals surface area (Å²) in [5.41, 5.74) is 6.14. The maximum Gasteiger partial charge on any atom is 0.226 e. The molecule has 2 heterocycles. The summed E-state index contributed by atoms with van der Waals surface area (Å²) in [5, 5.41) is 6.02. The molecule has 0 fully saturated rings. The molecule has 3 aromatic rings. The molecule has 0 unspecified atom stereocenters. The fourth-order valence-electron chi connectivity index (χ4n) is 3.73. The zero-order valence-electron chi connectivity index (χ0n) is 16.9. The smallest absolute Gasteiger partial charge is 0.226 e. The molecule has 150 valence electrons. The van der Waals surface area contributed by atoms with Crippen molar-refractivity contribution in [3.05, 3.63) is 76.3 Å². The van der Waals surface area contributed by atoms with Crippen LogP contribution in [0.25, 0.3) is 10.6 Å². The van der Waals surface area contributed by atoms with E-state index in [1.807, 2.05) is 5.38 Å². The number of rotatable bonds is 7. The first-order valence-electron chi connectivity index (χ1n) is 10.3. The Morgan fingerprint density at radius 1 is 1.14 bits per heavy atom. The highest BCUT2D eigenvalue weighted by molar-refractivity contribution is 7.13. The number of benzene rings is 2. The first kappa shape index (κ1) is 19.8. The van der Waals surface area contributed by atoms with Gasteiger partial charge in [0.2, 0.25) is 5.91 Å². The zero-order chi connectivity index (χ0) is 20.1. The Morgan fingerprint density at radius 3 is 2.72 bits per heavy atom. The number of fused-ring (bicyclic) bond motifs is 1. The number of thiazole rings is 1. The van der Waals surface area contributed by atoms with Crippen LogP contribution in [0.15, 0.2) is 53.9 Å². The lowest BCUT2D eigenvalue weighted by molar-refractivity contribution is -0.120. The summed E-state index contributed by atoms with van der Waals surface area (Å²) in [5.74, 6) is 0.0422. The van der Waals surface area contributed by atoms with Gasteiger partial charge < -0.3 is 5.32 Å². The average molecular weight is 406 g/mol. The molecule has 0 radical (unpaired) electrons. The van der Waals surface area contributed by atoms with Gasteiger partial charge in [-0.25, -0.2) is 4.98 Å². The quantitative estimate of drug-likeness (QED) is 0.644. The second-order valence-corrected chi connectivity index (χ2v) is 8.37. The van der Waals surface area contributed by atoms with E-state index in [0.29, 0.717) is 13.0 Å². The van der Waals surface area contributed by atoms with E-state index < -0.39 is 0 Å². The highest BCUT2D eigenvalue weighted by Crippen LogP contribution is 2.24. The molecule has 4 rings (SSSR count). The molecule has 1 aromatic heterocycles. The van der Waals surface area contributed by atoms with Crippen LogP contribution in [-0.4, -0.2) is 35.4 Å². The van der Waals surface area contributed by atoms with E-state index >= 15 is 0 Å². The molecule has 29 heavy (non-hydrogen) atoms. The van der Waals surface area contributed by atoms with Gasteiger partial charge in [-0.3, -0.25) is 9.69 Å². The van der Waals surface area contributed by atoms with Crippen LogP contribution in [0.3, 0.4) is 0 Å². The summed E-state index contributed by atoms with van der Waals surface area (Å²) in [6.45, 7) is 5.74. The summed E-state index contributed by atoms with van der Waals surface area (Å²) in [6.07, 6.45) is 2.46. The normalized spacial score (nSPS) is 13.8. The fraction of sp³-hybridized carbons (Fsp3) is 0.333. The van der Waals surface area contributed by atoms with E-state index in [1.54, 1.807) is 11.3 Å². The number of aromatic nitrogens is 1. The van der Waals surface area contributed by atoms with Crippen LogP contribution in [0.1, 0.15) is 29.3 Å². The lowest BCUT2D eigenvalue weighted by atomic mass is 10.00. The molecule has 4 nitrogen and oxygen atoms in total. The molecule has 0 atom stereocenters. The molecule has 1 aliphatic heterocycles. The third kappa shape index (κ3) is 5.11. The van der Waals surface area contributed by atoms with Crippen molar-refractivity contribution in [1.29, 1.82) is 0 Å². The van der Waals surface area contributed by atoms with E-state index in [4.69, 9.17) is 0 Å². The lowest BCUT2D eigenvalue weighted by Crippen LogP contribution is -2.38. The Kier molecular flexibility index (Phi) is 6.37. The molecule has 1 amide bonds. The van der Waals surface area contributed by atoms with Crippen molar-refractivity contribution in [1.82, 2.24) is 15.2 Å². The summed E-state index contributed by atoms with van der Waals surface area (Å²) in [4.78, 5) is 19.4. The summed E-state index contributed by atoms with van der Waals surface area (Å²) in [6, 6.07) is 17.1. The number of nitrogens with zero attached hydrogens (tertiary/aromatic N) is 2. The number of nitrogens with one attached hydrogen (secondary N) is 1. The molecule has 2 aromatic carbocycles. The molecule has 0 aliphatic carbocycles. The van der Waals surface area contributed by atoms with E-state index in [1.165, 1.54) is 16.7 Å². The van der Waals surface area contributed by atoms with Crippen LogP contribution in [0, 0.1) is 0 Å². The van der Waals surface area contributed by atoms with Gasteiger partial charge in [0.05, 0.1) is 12.1 Å². The molecule has 5 heteroatoms. The van der Waals surface area contributed by atoms with Crippen molar-refractivity contribution in [2.45, 2.75) is 32.7 Å². The Balaban J connectivity index is 1.24. The fourth-order valence-corrected chi connectivity index (χ4v) is 4.56. The van der Waals surface area contributed by atoms with Crippen molar-refractivity contribution < 1.29 is 4.79 Å². The summed E-state index contributed by atoms with van der Waals surface area (Å²) >= 11 is 1.60. The van der Waals surface area contributed by atoms with Gasteiger partial charge in [0.15, 0.2) is 0 Å². The lowest BCUT2D eigenvalue weighted by Gasteiger charge is -2.28. The van der Waals surface area contributed by atoms with Crippen LogP contribution in [0.2, 0.25) is 0 Å². The van der Waals surface area contributed by atoms with Crippen molar-refractivity contribution in [3.63, 3.8) is 0 Å². The van der Waals surface area contributed by atoms with Crippen LogP contribution in [-0.2, 0) is 30.6 Å². The molecule has 1 aliphatic rings. The second-order valence-electron chi connectivity index (χ2n) is 7.52. The molecule has 0 saturated carbocycles. The maximum atomic E-state index is 12.3. The van der Waals surface area contributed by atoms with Crippen LogP contribution in [0.4, 0.5) is 0 Å². The monoisotopic (exact) mass is 405 g/mol. The molecular weight excluding hydrogens is 378 g/mol. The van der Waals surface area contributed by atoms with E-state index in [-0.39, 0.29) is 5.91 Å². The number of aryl methyl sites for hydroxylation is 1. The third-order valence-corrected chi connectivity index (χ3v) is 6.40. The standard InChI is InChI=1S/C24H27N3OS/c1-2-18-7-9-20(10-8-18)24-26-22(17-29-24)15-23(28)25-12-14-27-13-11-19-5-3-4-6-21(19)16-27/h3-10,17H,2,11-16H2,1H3,(H,25,28). The van der Waals surface area contributed by atoms with E-state index in [0.717, 1.165) is 48.7 Å². The first-order valence-corrected chi connectivity index (χ1v) is 11.2. The van der Waals surface area contributed by atoms with Gasteiger partial charge >= 0.3 is 0 Å². The third-order valence-electron chi connectivity index (χ3n) is 5.46. The number of carbonyl (C=O) groups excluding carboxylic acids is 1. The van der Waals surface area contributed by atoms with Gasteiger partial charge in [0.1, 0.15) is 5.01 Å². The van der Waals surface area contributed by atoms with Crippen molar-refractivity contribution in [2.75, 3.05) is 19.6 Å². The van der Waals surface area contributed by atoms with Crippen LogP contribution < -0.4 is 5.32 Å².